The summed E-state index contributed by atoms with van der Waals surface area (Å²) in [4.78, 5) is 2.38. The third-order valence-corrected chi connectivity index (χ3v) is 3.24. The van der Waals surface area contributed by atoms with Gasteiger partial charge in [-0.25, -0.2) is 0 Å². The zero-order chi connectivity index (χ0) is 11.6. The van der Waals surface area contributed by atoms with Gasteiger partial charge in [0.15, 0.2) is 0 Å². The Morgan fingerprint density at radius 3 is 2.81 bits per heavy atom. The second-order valence-electron chi connectivity index (χ2n) is 4.85. The van der Waals surface area contributed by atoms with Crippen molar-refractivity contribution in [2.75, 3.05) is 39.9 Å². The maximum atomic E-state index is 5.49. The highest BCUT2D eigenvalue weighted by Crippen LogP contribution is 2.10. The Bertz CT molecular complexity index is 158. The second kappa shape index (κ2) is 8.97. The normalized spacial score (nSPS) is 21.6. The molecule has 0 spiro atoms. The van der Waals surface area contributed by atoms with Crippen molar-refractivity contribution >= 4 is 0 Å². The van der Waals surface area contributed by atoms with E-state index in [0.29, 0.717) is 0 Å². The molecule has 1 aliphatic rings. The zero-order valence-corrected chi connectivity index (χ0v) is 11.0. The lowest BCUT2D eigenvalue weighted by Gasteiger charge is -2.25. The first-order valence-electron chi connectivity index (χ1n) is 6.82. The molecule has 0 aromatic rings. The van der Waals surface area contributed by atoms with Gasteiger partial charge in [0.05, 0.1) is 6.61 Å². The summed E-state index contributed by atoms with van der Waals surface area (Å²) >= 11 is 0. The molecule has 1 heterocycles. The van der Waals surface area contributed by atoms with E-state index in [1.54, 1.807) is 0 Å². The van der Waals surface area contributed by atoms with Gasteiger partial charge in [-0.05, 0) is 45.8 Å². The quantitative estimate of drug-likeness (QED) is 0.642. The molecule has 0 aromatic carbocycles. The average Bonchev–Trinajstić information content (AvgIpc) is 2.33. The van der Waals surface area contributed by atoms with Gasteiger partial charge < -0.3 is 15.0 Å². The van der Waals surface area contributed by atoms with Crippen molar-refractivity contribution in [1.29, 1.82) is 0 Å². The van der Waals surface area contributed by atoms with Crippen LogP contribution in [0.15, 0.2) is 0 Å². The van der Waals surface area contributed by atoms with Gasteiger partial charge in [-0.2, -0.15) is 0 Å². The van der Waals surface area contributed by atoms with E-state index in [1.807, 2.05) is 0 Å². The molecule has 1 saturated heterocycles. The van der Waals surface area contributed by atoms with Crippen molar-refractivity contribution in [1.82, 2.24) is 10.2 Å². The number of rotatable bonds is 8. The van der Waals surface area contributed by atoms with Crippen LogP contribution in [0.5, 0.6) is 0 Å². The minimum atomic E-state index is 0.757. The molecular weight excluding hydrogens is 200 g/mol. The molecule has 1 aliphatic heterocycles. The number of piperidine rings is 1. The van der Waals surface area contributed by atoms with Gasteiger partial charge in [0.1, 0.15) is 0 Å². The fraction of sp³-hybridized carbons (Fsp3) is 1.00. The zero-order valence-electron chi connectivity index (χ0n) is 11.0. The third-order valence-electron chi connectivity index (χ3n) is 3.24. The van der Waals surface area contributed by atoms with Gasteiger partial charge >= 0.3 is 0 Å². The van der Waals surface area contributed by atoms with Crippen LogP contribution in [0.1, 0.15) is 39.0 Å². The number of ether oxygens (including phenoxy) is 1. The van der Waals surface area contributed by atoms with Crippen LogP contribution in [0.2, 0.25) is 0 Å². The van der Waals surface area contributed by atoms with Crippen molar-refractivity contribution in [2.24, 2.45) is 0 Å². The summed E-state index contributed by atoms with van der Waals surface area (Å²) in [5, 5.41) is 3.59. The van der Waals surface area contributed by atoms with Gasteiger partial charge in [0.2, 0.25) is 0 Å². The van der Waals surface area contributed by atoms with Gasteiger partial charge in [-0.15, -0.1) is 0 Å². The number of hydrogen-bond acceptors (Lipinski definition) is 3. The predicted molar refractivity (Wildman–Crippen MR) is 68.9 cm³/mol. The summed E-state index contributed by atoms with van der Waals surface area (Å²) in [6.45, 7) is 7.40. The van der Waals surface area contributed by atoms with Crippen LogP contribution in [0.3, 0.4) is 0 Å². The molecule has 1 fully saturated rings. The minimum Gasteiger partial charge on any atom is -0.380 e. The summed E-state index contributed by atoms with van der Waals surface area (Å²) in [5.41, 5.74) is 0. The average molecular weight is 228 g/mol. The van der Waals surface area contributed by atoms with Gasteiger partial charge in [0.25, 0.3) is 0 Å². The SMILES string of the molecule is CCCOCCN(C)CCC1CCCCN1. The lowest BCUT2D eigenvalue weighted by Crippen LogP contribution is -2.37. The summed E-state index contributed by atoms with van der Waals surface area (Å²) in [7, 11) is 2.19. The highest BCUT2D eigenvalue weighted by atomic mass is 16.5. The summed E-state index contributed by atoms with van der Waals surface area (Å²) in [6.07, 6.45) is 6.53. The molecule has 3 nitrogen and oxygen atoms in total. The van der Waals surface area contributed by atoms with Gasteiger partial charge in [-0.3, -0.25) is 0 Å². The molecular formula is C13H28N2O. The lowest BCUT2D eigenvalue weighted by atomic mass is 10.0. The Hall–Kier alpha value is -0.120. The van der Waals surface area contributed by atoms with E-state index in [-0.39, 0.29) is 0 Å². The number of hydrogen-bond donors (Lipinski definition) is 1. The van der Waals surface area contributed by atoms with Gasteiger partial charge in [0, 0.05) is 19.2 Å². The van der Waals surface area contributed by atoms with Crippen LogP contribution in [0, 0.1) is 0 Å². The molecule has 0 aliphatic carbocycles. The van der Waals surface area contributed by atoms with E-state index in [2.05, 4.69) is 24.2 Å². The second-order valence-corrected chi connectivity index (χ2v) is 4.85. The standard InChI is InChI=1S/C13H28N2O/c1-3-11-16-12-10-15(2)9-7-13-6-4-5-8-14-13/h13-14H,3-12H2,1-2H3. The Balaban J connectivity index is 1.94. The van der Waals surface area contributed by atoms with E-state index >= 15 is 0 Å². The molecule has 0 saturated carbocycles. The third kappa shape index (κ3) is 6.46. The van der Waals surface area contributed by atoms with E-state index in [9.17, 15) is 0 Å². The first-order valence-corrected chi connectivity index (χ1v) is 6.82. The van der Waals surface area contributed by atoms with Crippen LogP contribution in [0.4, 0.5) is 0 Å². The number of likely N-dealkylation sites (N-methyl/N-ethyl adjacent to an activating group) is 1. The van der Waals surface area contributed by atoms with Crippen LogP contribution in [-0.4, -0.2) is 50.8 Å². The molecule has 1 rings (SSSR count). The molecule has 1 N–H and O–H groups in total. The largest absolute Gasteiger partial charge is 0.380 e. The molecule has 0 bridgehead atoms. The van der Waals surface area contributed by atoms with Crippen molar-refractivity contribution < 1.29 is 4.74 Å². The van der Waals surface area contributed by atoms with Crippen molar-refractivity contribution in [3.05, 3.63) is 0 Å². The Morgan fingerprint density at radius 2 is 2.12 bits per heavy atom. The highest BCUT2D eigenvalue weighted by molar-refractivity contribution is 4.73. The Kier molecular flexibility index (Phi) is 7.81. The van der Waals surface area contributed by atoms with Crippen LogP contribution < -0.4 is 5.32 Å². The maximum Gasteiger partial charge on any atom is 0.0593 e. The highest BCUT2D eigenvalue weighted by Gasteiger charge is 2.12. The predicted octanol–water partition coefficient (Wildman–Crippen LogP) is 1.88. The fourth-order valence-corrected chi connectivity index (χ4v) is 2.13. The smallest absolute Gasteiger partial charge is 0.0593 e. The fourth-order valence-electron chi connectivity index (χ4n) is 2.13. The van der Waals surface area contributed by atoms with E-state index < -0.39 is 0 Å². The first-order chi connectivity index (χ1) is 7.83. The topological polar surface area (TPSA) is 24.5 Å². The minimum absolute atomic E-state index is 0.757. The van der Waals surface area contributed by atoms with Gasteiger partial charge in [-0.1, -0.05) is 13.3 Å². The molecule has 3 heteroatoms. The summed E-state index contributed by atoms with van der Waals surface area (Å²) in [5.74, 6) is 0. The summed E-state index contributed by atoms with van der Waals surface area (Å²) < 4.78 is 5.49. The van der Waals surface area contributed by atoms with Crippen molar-refractivity contribution in [3.8, 4) is 0 Å². The van der Waals surface area contributed by atoms with E-state index in [1.165, 1.54) is 38.8 Å². The van der Waals surface area contributed by atoms with Crippen LogP contribution in [0.25, 0.3) is 0 Å². The van der Waals surface area contributed by atoms with Crippen molar-refractivity contribution in [2.45, 2.75) is 45.1 Å². The maximum absolute atomic E-state index is 5.49. The molecule has 0 aromatic heterocycles. The van der Waals surface area contributed by atoms with E-state index in [4.69, 9.17) is 4.74 Å². The molecule has 0 amide bonds. The molecule has 1 unspecified atom stereocenters. The molecule has 96 valence electrons. The molecule has 1 atom stereocenters. The Morgan fingerprint density at radius 1 is 1.25 bits per heavy atom. The summed E-state index contributed by atoms with van der Waals surface area (Å²) in [6, 6.07) is 0.757. The molecule has 16 heavy (non-hydrogen) atoms. The van der Waals surface area contributed by atoms with E-state index in [0.717, 1.165) is 32.2 Å². The lowest BCUT2D eigenvalue weighted by molar-refractivity contribution is 0.110. The Labute approximate surface area is 101 Å². The van der Waals surface area contributed by atoms with Crippen molar-refractivity contribution in [3.63, 3.8) is 0 Å². The molecule has 0 radical (unpaired) electrons. The number of nitrogens with zero attached hydrogens (tertiary/aromatic N) is 1. The van der Waals surface area contributed by atoms with Crippen LogP contribution >= 0.6 is 0 Å². The monoisotopic (exact) mass is 228 g/mol. The first kappa shape index (κ1) is 13.9. The van der Waals surface area contributed by atoms with Crippen LogP contribution in [-0.2, 0) is 4.74 Å². The number of nitrogens with one attached hydrogen (secondary N) is 1.